The predicted molar refractivity (Wildman–Crippen MR) is 99.6 cm³/mol. The largest absolute Gasteiger partial charge is 0.354 e. The first-order valence-electron chi connectivity index (χ1n) is 8.80. The fourth-order valence-corrected chi connectivity index (χ4v) is 2.79. The molecular formula is C20H22FN3O2. The Kier molecular flexibility index (Phi) is 5.84. The Balaban J connectivity index is 1.65. The van der Waals surface area contributed by atoms with E-state index in [-0.39, 0.29) is 23.7 Å². The molecule has 1 saturated carbocycles. The molecule has 2 aromatic rings. The van der Waals surface area contributed by atoms with Crippen LogP contribution in [0.25, 0.3) is 0 Å². The van der Waals surface area contributed by atoms with Crippen LogP contribution in [0, 0.1) is 11.7 Å². The molecule has 3 rings (SSSR count). The molecular weight excluding hydrogens is 333 g/mol. The van der Waals surface area contributed by atoms with Crippen LogP contribution >= 0.6 is 0 Å². The molecule has 0 heterocycles. The van der Waals surface area contributed by atoms with E-state index in [2.05, 4.69) is 10.6 Å². The van der Waals surface area contributed by atoms with Crippen LogP contribution in [-0.2, 0) is 4.79 Å². The van der Waals surface area contributed by atoms with E-state index >= 15 is 0 Å². The van der Waals surface area contributed by atoms with Gasteiger partial charge in [-0.3, -0.25) is 9.69 Å². The average molecular weight is 355 g/mol. The smallest absolute Gasteiger partial charge is 0.326 e. The molecule has 0 spiro atoms. The molecule has 0 bridgehead atoms. The molecule has 5 nitrogen and oxygen atoms in total. The van der Waals surface area contributed by atoms with Crippen molar-refractivity contribution in [3.8, 4) is 0 Å². The number of urea groups is 1. The summed E-state index contributed by atoms with van der Waals surface area (Å²) in [6, 6.07) is 14.5. The number of anilines is 2. The first-order chi connectivity index (χ1) is 12.6. The van der Waals surface area contributed by atoms with Crippen LogP contribution in [-0.4, -0.2) is 25.0 Å². The van der Waals surface area contributed by atoms with E-state index in [4.69, 9.17) is 0 Å². The number of rotatable bonds is 6. The fraction of sp³-hybridized carbons (Fsp3) is 0.300. The van der Waals surface area contributed by atoms with Crippen molar-refractivity contribution in [3.63, 3.8) is 0 Å². The lowest BCUT2D eigenvalue weighted by molar-refractivity contribution is -0.127. The number of carbonyl (C=O) groups is 2. The Morgan fingerprint density at radius 2 is 1.73 bits per heavy atom. The number of hydrogen-bond acceptors (Lipinski definition) is 2. The summed E-state index contributed by atoms with van der Waals surface area (Å²) < 4.78 is 13.2. The fourth-order valence-electron chi connectivity index (χ4n) is 2.79. The third kappa shape index (κ3) is 4.59. The summed E-state index contributed by atoms with van der Waals surface area (Å²) in [6.07, 6.45) is 2.96. The lowest BCUT2D eigenvalue weighted by Gasteiger charge is -2.26. The van der Waals surface area contributed by atoms with E-state index in [9.17, 15) is 14.0 Å². The summed E-state index contributed by atoms with van der Waals surface area (Å²) in [6.45, 7) is 0.637. The highest BCUT2D eigenvalue weighted by Gasteiger charge is 2.25. The molecule has 0 radical (unpaired) electrons. The molecule has 1 aliphatic carbocycles. The van der Waals surface area contributed by atoms with Crippen molar-refractivity contribution in [2.45, 2.75) is 19.3 Å². The zero-order valence-corrected chi connectivity index (χ0v) is 14.5. The van der Waals surface area contributed by atoms with Gasteiger partial charge in [0.15, 0.2) is 0 Å². The van der Waals surface area contributed by atoms with Crippen molar-refractivity contribution in [1.29, 1.82) is 0 Å². The van der Waals surface area contributed by atoms with Crippen LogP contribution < -0.4 is 15.5 Å². The normalized spacial score (nSPS) is 13.6. The van der Waals surface area contributed by atoms with Gasteiger partial charge in [-0.25, -0.2) is 9.18 Å². The highest BCUT2D eigenvalue weighted by molar-refractivity contribution is 6.01. The molecule has 3 amide bonds. The van der Waals surface area contributed by atoms with Gasteiger partial charge < -0.3 is 10.6 Å². The highest BCUT2D eigenvalue weighted by atomic mass is 19.1. The van der Waals surface area contributed by atoms with E-state index in [0.717, 1.165) is 19.3 Å². The molecule has 136 valence electrons. The number of para-hydroxylation sites is 1. The molecule has 0 atom stereocenters. The van der Waals surface area contributed by atoms with Crippen LogP contribution in [0.2, 0.25) is 0 Å². The van der Waals surface area contributed by atoms with Crippen LogP contribution in [0.5, 0.6) is 0 Å². The van der Waals surface area contributed by atoms with E-state index in [1.165, 1.54) is 17.0 Å². The van der Waals surface area contributed by atoms with Crippen LogP contribution in [0.3, 0.4) is 0 Å². The maximum atomic E-state index is 13.2. The van der Waals surface area contributed by atoms with Crippen molar-refractivity contribution < 1.29 is 14.0 Å². The predicted octanol–water partition coefficient (Wildman–Crippen LogP) is 3.78. The molecule has 1 fully saturated rings. The van der Waals surface area contributed by atoms with Crippen molar-refractivity contribution >= 4 is 23.3 Å². The summed E-state index contributed by atoms with van der Waals surface area (Å²) in [4.78, 5) is 26.1. The molecule has 0 aliphatic heterocycles. The summed E-state index contributed by atoms with van der Waals surface area (Å²) >= 11 is 0. The second kappa shape index (κ2) is 8.47. The van der Waals surface area contributed by atoms with Gasteiger partial charge in [-0.15, -0.1) is 0 Å². The van der Waals surface area contributed by atoms with Crippen LogP contribution in [0.15, 0.2) is 54.6 Å². The minimum absolute atomic E-state index is 0.0405. The summed E-state index contributed by atoms with van der Waals surface area (Å²) in [5.41, 5.74) is 1.24. The van der Waals surface area contributed by atoms with E-state index in [1.54, 1.807) is 24.3 Å². The first kappa shape index (κ1) is 17.9. The highest BCUT2D eigenvalue weighted by Crippen LogP contribution is 2.26. The third-order valence-corrected chi connectivity index (χ3v) is 4.52. The topological polar surface area (TPSA) is 61.4 Å². The van der Waals surface area contributed by atoms with Crippen LogP contribution in [0.1, 0.15) is 19.3 Å². The molecule has 0 aromatic heterocycles. The quantitative estimate of drug-likeness (QED) is 0.828. The first-order valence-corrected chi connectivity index (χ1v) is 8.80. The molecule has 2 N–H and O–H groups in total. The van der Waals surface area contributed by atoms with Crippen LogP contribution in [0.4, 0.5) is 20.6 Å². The van der Waals surface area contributed by atoms with Crippen molar-refractivity contribution in [2.24, 2.45) is 5.92 Å². The Labute approximate surface area is 152 Å². The Morgan fingerprint density at radius 1 is 1.04 bits per heavy atom. The molecule has 0 unspecified atom stereocenters. The number of benzene rings is 2. The van der Waals surface area contributed by atoms with Gasteiger partial charge in [0.25, 0.3) is 0 Å². The standard InChI is InChI=1S/C20H22FN3O2/c21-16-9-11-18(12-10-16)24(14-13-22-19(25)15-5-4-6-15)20(26)23-17-7-2-1-3-8-17/h1-3,7-12,15H,4-6,13-14H2,(H,22,25)(H,23,26). The molecule has 26 heavy (non-hydrogen) atoms. The number of nitrogens with zero attached hydrogens (tertiary/aromatic N) is 1. The number of halogens is 1. The van der Waals surface area contributed by atoms with Gasteiger partial charge in [0.05, 0.1) is 0 Å². The summed E-state index contributed by atoms with van der Waals surface area (Å²) in [5.74, 6) is -0.221. The van der Waals surface area contributed by atoms with Gasteiger partial charge in [0.1, 0.15) is 5.82 Å². The van der Waals surface area contributed by atoms with Gasteiger partial charge in [-0.1, -0.05) is 24.6 Å². The van der Waals surface area contributed by atoms with Gasteiger partial charge in [-0.05, 0) is 49.2 Å². The van der Waals surface area contributed by atoms with E-state index < -0.39 is 0 Å². The second-order valence-electron chi connectivity index (χ2n) is 6.34. The molecule has 0 saturated heterocycles. The summed E-state index contributed by atoms with van der Waals surface area (Å²) in [5, 5.41) is 5.70. The Hall–Kier alpha value is -2.89. The lowest BCUT2D eigenvalue weighted by atomic mass is 9.85. The van der Waals surface area contributed by atoms with Gasteiger partial charge in [0.2, 0.25) is 5.91 Å². The van der Waals surface area contributed by atoms with Crippen molar-refractivity contribution in [2.75, 3.05) is 23.3 Å². The molecule has 2 aromatic carbocycles. The lowest BCUT2D eigenvalue weighted by Crippen LogP contribution is -2.43. The SMILES string of the molecule is O=C(NCCN(C(=O)Nc1ccccc1)c1ccc(F)cc1)C1CCC1. The zero-order valence-electron chi connectivity index (χ0n) is 14.5. The Morgan fingerprint density at radius 3 is 2.35 bits per heavy atom. The number of carbonyl (C=O) groups excluding carboxylic acids is 2. The van der Waals surface area contributed by atoms with E-state index in [0.29, 0.717) is 24.5 Å². The van der Waals surface area contributed by atoms with Crippen molar-refractivity contribution in [1.82, 2.24) is 5.32 Å². The third-order valence-electron chi connectivity index (χ3n) is 4.52. The van der Waals surface area contributed by atoms with Gasteiger partial charge >= 0.3 is 6.03 Å². The second-order valence-corrected chi connectivity index (χ2v) is 6.34. The Bertz CT molecular complexity index is 745. The number of nitrogens with one attached hydrogen (secondary N) is 2. The minimum atomic E-state index is -0.365. The maximum Gasteiger partial charge on any atom is 0.326 e. The zero-order chi connectivity index (χ0) is 18.4. The van der Waals surface area contributed by atoms with Gasteiger partial charge in [-0.2, -0.15) is 0 Å². The number of hydrogen-bond donors (Lipinski definition) is 2. The van der Waals surface area contributed by atoms with Crippen molar-refractivity contribution in [3.05, 3.63) is 60.4 Å². The average Bonchev–Trinajstić information content (AvgIpc) is 2.59. The maximum absolute atomic E-state index is 13.2. The monoisotopic (exact) mass is 355 g/mol. The summed E-state index contributed by atoms with van der Waals surface area (Å²) in [7, 11) is 0. The molecule has 6 heteroatoms. The number of amides is 3. The van der Waals surface area contributed by atoms with Gasteiger partial charge in [0, 0.05) is 30.4 Å². The molecule has 1 aliphatic rings. The van der Waals surface area contributed by atoms with E-state index in [1.807, 2.05) is 18.2 Å². The minimum Gasteiger partial charge on any atom is -0.354 e.